The molecule has 5 nitrogen and oxygen atoms in total. The van der Waals surface area contributed by atoms with Gasteiger partial charge in [0, 0.05) is 11.3 Å². The van der Waals surface area contributed by atoms with Crippen molar-refractivity contribution in [1.29, 1.82) is 0 Å². The third kappa shape index (κ3) is 3.55. The highest BCUT2D eigenvalue weighted by Crippen LogP contribution is 2.36. The second-order valence-electron chi connectivity index (χ2n) is 7.21. The molecule has 25 heavy (non-hydrogen) atoms. The van der Waals surface area contributed by atoms with Crippen LogP contribution >= 0.6 is 0 Å². The molecule has 2 aromatic carbocycles. The van der Waals surface area contributed by atoms with E-state index in [0.29, 0.717) is 11.3 Å². The van der Waals surface area contributed by atoms with E-state index in [1.165, 1.54) is 12.1 Å². The maximum Gasteiger partial charge on any atom is 0.494 e. The van der Waals surface area contributed by atoms with Gasteiger partial charge in [-0.3, -0.25) is 4.79 Å². The van der Waals surface area contributed by atoms with Crippen molar-refractivity contribution in [2.75, 3.05) is 5.32 Å². The van der Waals surface area contributed by atoms with Crippen LogP contribution in [-0.4, -0.2) is 29.3 Å². The minimum absolute atomic E-state index is 0.128. The van der Waals surface area contributed by atoms with E-state index in [1.807, 2.05) is 52.0 Å². The SMILES string of the molecule is CC1(C)OB(c2ccc(NC(=O)c3ccc(O)cc3)cc2)OC1(C)C. The van der Waals surface area contributed by atoms with Crippen LogP contribution in [0.2, 0.25) is 0 Å². The first-order chi connectivity index (χ1) is 11.7. The fraction of sp³-hybridized carbons (Fsp3) is 0.316. The normalized spacial score (nSPS) is 18.2. The van der Waals surface area contributed by atoms with Gasteiger partial charge in [-0.15, -0.1) is 0 Å². The maximum atomic E-state index is 12.2. The number of aromatic hydroxyl groups is 1. The van der Waals surface area contributed by atoms with Crippen LogP contribution in [0.3, 0.4) is 0 Å². The molecule has 0 spiro atoms. The maximum absolute atomic E-state index is 12.2. The zero-order chi connectivity index (χ0) is 18.2. The molecule has 6 heteroatoms. The summed E-state index contributed by atoms with van der Waals surface area (Å²) in [6.45, 7) is 8.05. The van der Waals surface area contributed by atoms with Gasteiger partial charge in [0.25, 0.3) is 5.91 Å². The lowest BCUT2D eigenvalue weighted by molar-refractivity contribution is 0.00578. The van der Waals surface area contributed by atoms with Gasteiger partial charge in [-0.1, -0.05) is 12.1 Å². The van der Waals surface area contributed by atoms with E-state index in [0.717, 1.165) is 5.46 Å². The Bertz CT molecular complexity index is 753. The third-order valence-electron chi connectivity index (χ3n) is 4.82. The van der Waals surface area contributed by atoms with Gasteiger partial charge in [0.1, 0.15) is 5.75 Å². The molecule has 2 N–H and O–H groups in total. The fourth-order valence-corrected chi connectivity index (χ4v) is 2.52. The summed E-state index contributed by atoms with van der Waals surface area (Å²) in [5.41, 5.74) is 1.29. The number of hydrogen-bond acceptors (Lipinski definition) is 4. The van der Waals surface area contributed by atoms with Crippen LogP contribution in [0, 0.1) is 0 Å². The van der Waals surface area contributed by atoms with Crippen molar-refractivity contribution < 1.29 is 19.2 Å². The molecule has 0 aliphatic carbocycles. The molecule has 0 bridgehead atoms. The monoisotopic (exact) mass is 339 g/mol. The first-order valence-corrected chi connectivity index (χ1v) is 8.24. The lowest BCUT2D eigenvalue weighted by atomic mass is 9.79. The standard InChI is InChI=1S/C19H22BNO4/c1-18(2)19(3,4)25-20(24-18)14-7-9-15(10-8-14)21-17(23)13-5-11-16(22)12-6-13/h5-12,22H,1-4H3,(H,21,23). The summed E-state index contributed by atoms with van der Waals surface area (Å²) in [5.74, 6) is -0.105. The van der Waals surface area contributed by atoms with E-state index >= 15 is 0 Å². The number of benzene rings is 2. The van der Waals surface area contributed by atoms with Gasteiger partial charge in [0.05, 0.1) is 11.2 Å². The summed E-state index contributed by atoms with van der Waals surface area (Å²) >= 11 is 0. The number of anilines is 1. The smallest absolute Gasteiger partial charge is 0.494 e. The Labute approximate surface area is 148 Å². The number of carbonyl (C=O) groups excluding carboxylic acids is 1. The Hall–Kier alpha value is -2.31. The highest BCUT2D eigenvalue weighted by molar-refractivity contribution is 6.62. The van der Waals surface area contributed by atoms with Crippen molar-refractivity contribution in [2.24, 2.45) is 0 Å². The van der Waals surface area contributed by atoms with E-state index in [2.05, 4.69) is 5.32 Å². The van der Waals surface area contributed by atoms with Crippen LogP contribution in [0.4, 0.5) is 5.69 Å². The number of phenols is 1. The quantitative estimate of drug-likeness (QED) is 0.844. The minimum Gasteiger partial charge on any atom is -0.508 e. The molecule has 130 valence electrons. The van der Waals surface area contributed by atoms with E-state index < -0.39 is 7.12 Å². The van der Waals surface area contributed by atoms with Crippen molar-refractivity contribution in [1.82, 2.24) is 0 Å². The molecular formula is C19H22BNO4. The van der Waals surface area contributed by atoms with Crippen LogP contribution in [0.25, 0.3) is 0 Å². The van der Waals surface area contributed by atoms with E-state index in [4.69, 9.17) is 9.31 Å². The molecule has 1 aliphatic rings. The summed E-state index contributed by atoms with van der Waals surface area (Å²) in [6.07, 6.45) is 0. The number of nitrogens with one attached hydrogen (secondary N) is 1. The summed E-state index contributed by atoms with van der Waals surface area (Å²) in [5, 5.41) is 12.1. The first-order valence-electron chi connectivity index (χ1n) is 8.24. The average Bonchev–Trinajstić information content (AvgIpc) is 2.76. The minimum atomic E-state index is -0.424. The molecular weight excluding hydrogens is 317 g/mol. The number of hydrogen-bond donors (Lipinski definition) is 2. The molecule has 0 radical (unpaired) electrons. The fourth-order valence-electron chi connectivity index (χ4n) is 2.52. The molecule has 2 aromatic rings. The van der Waals surface area contributed by atoms with Crippen molar-refractivity contribution >= 4 is 24.2 Å². The van der Waals surface area contributed by atoms with Crippen LogP contribution in [0.15, 0.2) is 48.5 Å². The Kier molecular flexibility index (Phi) is 4.35. The Balaban J connectivity index is 1.69. The zero-order valence-electron chi connectivity index (χ0n) is 14.9. The summed E-state index contributed by atoms with van der Waals surface area (Å²) in [6, 6.07) is 13.5. The predicted molar refractivity (Wildman–Crippen MR) is 98.2 cm³/mol. The number of carbonyl (C=O) groups is 1. The molecule has 1 heterocycles. The largest absolute Gasteiger partial charge is 0.508 e. The van der Waals surface area contributed by atoms with Crippen molar-refractivity contribution in [3.63, 3.8) is 0 Å². The highest BCUT2D eigenvalue weighted by Gasteiger charge is 2.51. The van der Waals surface area contributed by atoms with Crippen molar-refractivity contribution in [3.05, 3.63) is 54.1 Å². The van der Waals surface area contributed by atoms with Crippen molar-refractivity contribution in [3.8, 4) is 5.75 Å². The number of amides is 1. The van der Waals surface area contributed by atoms with Gasteiger partial charge in [-0.25, -0.2) is 0 Å². The lowest BCUT2D eigenvalue weighted by Crippen LogP contribution is -2.41. The van der Waals surface area contributed by atoms with E-state index in [-0.39, 0.29) is 22.9 Å². The molecule has 3 rings (SSSR count). The topological polar surface area (TPSA) is 67.8 Å². The van der Waals surface area contributed by atoms with Gasteiger partial charge >= 0.3 is 7.12 Å². The molecule has 0 unspecified atom stereocenters. The van der Waals surface area contributed by atoms with Gasteiger partial charge in [0.15, 0.2) is 0 Å². The number of phenolic OH excluding ortho intramolecular Hbond substituents is 1. The Morgan fingerprint density at radius 3 is 1.96 bits per heavy atom. The number of rotatable bonds is 3. The van der Waals surface area contributed by atoms with Crippen LogP contribution < -0.4 is 10.8 Å². The molecule has 0 aromatic heterocycles. The molecule has 1 aliphatic heterocycles. The molecule has 1 amide bonds. The predicted octanol–water partition coefficient (Wildman–Crippen LogP) is 2.94. The van der Waals surface area contributed by atoms with E-state index in [1.54, 1.807) is 12.1 Å². The van der Waals surface area contributed by atoms with Crippen LogP contribution in [0.1, 0.15) is 38.1 Å². The summed E-state index contributed by atoms with van der Waals surface area (Å²) in [4.78, 5) is 12.2. The van der Waals surface area contributed by atoms with E-state index in [9.17, 15) is 9.90 Å². The van der Waals surface area contributed by atoms with Gasteiger partial charge in [0.2, 0.25) is 0 Å². The lowest BCUT2D eigenvalue weighted by Gasteiger charge is -2.32. The van der Waals surface area contributed by atoms with Crippen molar-refractivity contribution in [2.45, 2.75) is 38.9 Å². The Morgan fingerprint density at radius 2 is 1.44 bits per heavy atom. The third-order valence-corrected chi connectivity index (χ3v) is 4.82. The summed E-state index contributed by atoms with van der Waals surface area (Å²) < 4.78 is 12.0. The highest BCUT2D eigenvalue weighted by atomic mass is 16.7. The van der Waals surface area contributed by atoms with Crippen LogP contribution in [0.5, 0.6) is 5.75 Å². The Morgan fingerprint density at radius 1 is 0.920 bits per heavy atom. The zero-order valence-corrected chi connectivity index (χ0v) is 14.9. The van der Waals surface area contributed by atoms with Gasteiger partial charge in [-0.05, 0) is 69.6 Å². The molecule has 1 saturated heterocycles. The molecule has 0 atom stereocenters. The average molecular weight is 339 g/mol. The summed E-state index contributed by atoms with van der Waals surface area (Å²) in [7, 11) is -0.424. The first kappa shape index (κ1) is 17.5. The second-order valence-corrected chi connectivity index (χ2v) is 7.21. The van der Waals surface area contributed by atoms with Gasteiger partial charge < -0.3 is 19.7 Å². The molecule has 1 fully saturated rings. The van der Waals surface area contributed by atoms with Crippen LogP contribution in [-0.2, 0) is 9.31 Å². The van der Waals surface area contributed by atoms with Gasteiger partial charge in [-0.2, -0.15) is 0 Å². The molecule has 0 saturated carbocycles. The second kappa shape index (κ2) is 6.21.